The third kappa shape index (κ3) is 3.65. The highest BCUT2D eigenvalue weighted by molar-refractivity contribution is 6.29. The molecule has 0 radical (unpaired) electrons. The Morgan fingerprint density at radius 3 is 2.88 bits per heavy atom. The van der Waals surface area contributed by atoms with Gasteiger partial charge in [-0.2, -0.15) is 0 Å². The van der Waals surface area contributed by atoms with E-state index >= 15 is 0 Å². The first-order valence-electron chi connectivity index (χ1n) is 4.52. The Kier molecular flexibility index (Phi) is 4.80. The summed E-state index contributed by atoms with van der Waals surface area (Å²) in [5.41, 5.74) is -0.678. The van der Waals surface area contributed by atoms with Gasteiger partial charge in [0.05, 0.1) is 11.5 Å². The molecule has 0 unspecified atom stereocenters. The Morgan fingerprint density at radius 1 is 1.59 bits per heavy atom. The highest BCUT2D eigenvalue weighted by Crippen LogP contribution is 2.21. The van der Waals surface area contributed by atoms with Crippen molar-refractivity contribution in [1.29, 1.82) is 0 Å². The lowest BCUT2D eigenvalue weighted by Gasteiger charge is -2.04. The number of ether oxygens (including phenoxy) is 2. The van der Waals surface area contributed by atoms with E-state index in [1.54, 1.807) is 0 Å². The van der Waals surface area contributed by atoms with E-state index in [0.717, 1.165) is 12.3 Å². The molecule has 0 aliphatic rings. The summed E-state index contributed by atoms with van der Waals surface area (Å²) in [5, 5.41) is 10.6. The third-order valence-electron chi connectivity index (χ3n) is 1.79. The number of esters is 1. The third-order valence-corrected chi connectivity index (χ3v) is 1.99. The minimum Gasteiger partial charge on any atom is -0.459 e. The average molecular weight is 261 g/mol. The van der Waals surface area contributed by atoms with Gasteiger partial charge in [-0.25, -0.2) is 9.78 Å². The van der Waals surface area contributed by atoms with Gasteiger partial charge in [0, 0.05) is 7.11 Å². The van der Waals surface area contributed by atoms with Crippen molar-refractivity contribution in [2.24, 2.45) is 0 Å². The van der Waals surface area contributed by atoms with Crippen LogP contribution in [-0.2, 0) is 9.47 Å². The molecule has 0 spiro atoms. The van der Waals surface area contributed by atoms with E-state index in [1.165, 1.54) is 7.11 Å². The molecule has 92 valence electrons. The second kappa shape index (κ2) is 6.12. The fourth-order valence-electron chi connectivity index (χ4n) is 1.03. The zero-order valence-electron chi connectivity index (χ0n) is 8.88. The second-order valence-electron chi connectivity index (χ2n) is 2.91. The van der Waals surface area contributed by atoms with Gasteiger partial charge >= 0.3 is 11.7 Å². The molecule has 0 amide bonds. The number of pyridine rings is 1. The number of hydrogen-bond acceptors (Lipinski definition) is 6. The lowest BCUT2D eigenvalue weighted by atomic mass is 10.2. The van der Waals surface area contributed by atoms with E-state index in [-0.39, 0.29) is 23.9 Å². The summed E-state index contributed by atoms with van der Waals surface area (Å²) in [6.07, 6.45) is 0.912. The molecule has 17 heavy (non-hydrogen) atoms. The quantitative estimate of drug-likeness (QED) is 0.262. The molecule has 0 N–H and O–H groups in total. The van der Waals surface area contributed by atoms with Gasteiger partial charge in [-0.1, -0.05) is 11.6 Å². The average Bonchev–Trinajstić information content (AvgIpc) is 2.28. The molecule has 0 aliphatic carbocycles. The van der Waals surface area contributed by atoms with E-state index in [1.807, 2.05) is 0 Å². The molecule has 1 heterocycles. The molecule has 1 aromatic heterocycles. The molecule has 1 aromatic rings. The SMILES string of the molecule is COCCOC(=O)c1cc(Cl)ncc1[N+](=O)[O-]. The zero-order chi connectivity index (χ0) is 12.8. The van der Waals surface area contributed by atoms with Crippen LogP contribution >= 0.6 is 11.6 Å². The highest BCUT2D eigenvalue weighted by atomic mass is 35.5. The minimum atomic E-state index is -0.835. The van der Waals surface area contributed by atoms with Crippen LogP contribution in [0.15, 0.2) is 12.3 Å². The van der Waals surface area contributed by atoms with Crippen LogP contribution in [0.5, 0.6) is 0 Å². The van der Waals surface area contributed by atoms with Gasteiger partial charge in [0.1, 0.15) is 23.5 Å². The number of methoxy groups -OCH3 is 1. The number of nitrogens with zero attached hydrogens (tertiary/aromatic N) is 2. The molecule has 0 saturated heterocycles. The monoisotopic (exact) mass is 260 g/mol. The molecular formula is C9H9ClN2O5. The fourth-order valence-corrected chi connectivity index (χ4v) is 1.18. The standard InChI is InChI=1S/C9H9ClN2O5/c1-16-2-3-17-9(13)6-4-8(10)11-5-7(6)12(14)15/h4-5H,2-3H2,1H3. The first-order valence-corrected chi connectivity index (χ1v) is 4.90. The van der Waals surface area contributed by atoms with E-state index in [9.17, 15) is 14.9 Å². The molecule has 1 rings (SSSR count). The number of aromatic nitrogens is 1. The number of nitro groups is 1. The van der Waals surface area contributed by atoms with E-state index in [2.05, 4.69) is 9.72 Å². The fraction of sp³-hybridized carbons (Fsp3) is 0.333. The van der Waals surface area contributed by atoms with Crippen molar-refractivity contribution in [3.05, 3.63) is 33.1 Å². The Labute approximate surface area is 101 Å². The first-order chi connectivity index (χ1) is 8.06. The summed E-state index contributed by atoms with van der Waals surface area (Å²) in [6.45, 7) is 0.213. The molecule has 0 saturated carbocycles. The topological polar surface area (TPSA) is 91.6 Å². The Morgan fingerprint density at radius 2 is 2.29 bits per heavy atom. The molecule has 0 bridgehead atoms. The van der Waals surface area contributed by atoms with Crippen LogP contribution in [0.3, 0.4) is 0 Å². The normalized spacial score (nSPS) is 10.0. The number of hydrogen-bond donors (Lipinski definition) is 0. The summed E-state index contributed by atoms with van der Waals surface area (Å²) in [4.78, 5) is 25.0. The molecule has 7 nitrogen and oxygen atoms in total. The largest absolute Gasteiger partial charge is 0.459 e. The summed E-state index contributed by atoms with van der Waals surface area (Å²) in [6, 6.07) is 1.09. The number of carbonyl (C=O) groups excluding carboxylic acids is 1. The van der Waals surface area contributed by atoms with Crippen LogP contribution in [0.4, 0.5) is 5.69 Å². The Bertz CT molecular complexity index is 437. The van der Waals surface area contributed by atoms with Gasteiger partial charge < -0.3 is 9.47 Å². The minimum absolute atomic E-state index is 0.00638. The predicted octanol–water partition coefficient (Wildman–Crippen LogP) is 1.45. The molecular weight excluding hydrogens is 252 g/mol. The first kappa shape index (κ1) is 13.3. The molecule has 8 heteroatoms. The Hall–Kier alpha value is -1.73. The van der Waals surface area contributed by atoms with Gasteiger partial charge in [-0.3, -0.25) is 10.1 Å². The van der Waals surface area contributed by atoms with Gasteiger partial charge in [-0.15, -0.1) is 0 Å². The molecule has 0 aromatic carbocycles. The van der Waals surface area contributed by atoms with Crippen LogP contribution in [0.1, 0.15) is 10.4 Å². The van der Waals surface area contributed by atoms with Crippen molar-refractivity contribution >= 4 is 23.3 Å². The van der Waals surface area contributed by atoms with Crippen molar-refractivity contribution in [3.63, 3.8) is 0 Å². The maximum atomic E-state index is 11.5. The smallest absolute Gasteiger partial charge is 0.345 e. The van der Waals surface area contributed by atoms with E-state index < -0.39 is 16.6 Å². The maximum Gasteiger partial charge on any atom is 0.345 e. The van der Waals surface area contributed by atoms with Gasteiger partial charge in [0.25, 0.3) is 0 Å². The van der Waals surface area contributed by atoms with Crippen LogP contribution in [-0.4, -0.2) is 36.2 Å². The number of carbonyl (C=O) groups is 1. The van der Waals surface area contributed by atoms with Gasteiger partial charge in [0.15, 0.2) is 0 Å². The Balaban J connectivity index is 2.90. The van der Waals surface area contributed by atoms with Crippen molar-refractivity contribution < 1.29 is 19.2 Å². The summed E-state index contributed by atoms with van der Waals surface area (Å²) >= 11 is 5.56. The predicted molar refractivity (Wildman–Crippen MR) is 58.1 cm³/mol. The number of halogens is 1. The highest BCUT2D eigenvalue weighted by Gasteiger charge is 2.22. The van der Waals surface area contributed by atoms with Crippen LogP contribution in [0, 0.1) is 10.1 Å². The molecule has 0 atom stereocenters. The number of rotatable bonds is 5. The van der Waals surface area contributed by atoms with Crippen LogP contribution in [0.25, 0.3) is 0 Å². The summed E-state index contributed by atoms with van der Waals surface area (Å²) in [7, 11) is 1.44. The second-order valence-corrected chi connectivity index (χ2v) is 3.30. The lowest BCUT2D eigenvalue weighted by molar-refractivity contribution is -0.385. The van der Waals surface area contributed by atoms with Crippen molar-refractivity contribution in [3.8, 4) is 0 Å². The molecule has 0 fully saturated rings. The van der Waals surface area contributed by atoms with Crippen LogP contribution < -0.4 is 0 Å². The van der Waals surface area contributed by atoms with Crippen molar-refractivity contribution in [1.82, 2.24) is 4.98 Å². The summed E-state index contributed by atoms with van der Waals surface area (Å²) < 4.78 is 9.44. The van der Waals surface area contributed by atoms with E-state index in [0.29, 0.717) is 0 Å². The maximum absolute atomic E-state index is 11.5. The zero-order valence-corrected chi connectivity index (χ0v) is 9.64. The molecule has 0 aliphatic heterocycles. The lowest BCUT2D eigenvalue weighted by Crippen LogP contribution is -2.12. The van der Waals surface area contributed by atoms with Gasteiger partial charge in [-0.05, 0) is 6.07 Å². The summed E-state index contributed by atoms with van der Waals surface area (Å²) in [5.74, 6) is -0.835. The van der Waals surface area contributed by atoms with E-state index in [4.69, 9.17) is 16.3 Å². The van der Waals surface area contributed by atoms with Gasteiger partial charge in [0.2, 0.25) is 0 Å². The van der Waals surface area contributed by atoms with Crippen LogP contribution in [0.2, 0.25) is 5.15 Å². The van der Waals surface area contributed by atoms with Crippen molar-refractivity contribution in [2.75, 3.05) is 20.3 Å². The van der Waals surface area contributed by atoms with Crippen molar-refractivity contribution in [2.45, 2.75) is 0 Å².